The molecular weight excluding hydrogens is 857 g/mol. The molecule has 0 amide bonds. The second-order valence-electron chi connectivity index (χ2n) is 18.1. The van der Waals surface area contributed by atoms with Gasteiger partial charge >= 0.3 is 0 Å². The van der Waals surface area contributed by atoms with Crippen LogP contribution in [0.1, 0.15) is 77.8 Å². The van der Waals surface area contributed by atoms with Gasteiger partial charge in [-0.25, -0.2) is 0 Å². The molecule has 338 valence electrons. The normalized spacial score (nSPS) is 16.3. The van der Waals surface area contributed by atoms with Crippen molar-refractivity contribution in [1.82, 2.24) is 0 Å². The highest BCUT2D eigenvalue weighted by Gasteiger charge is 2.51. The van der Waals surface area contributed by atoms with Gasteiger partial charge in [0, 0.05) is 39.3 Å². The molecule has 0 fully saturated rings. The Bertz CT molecular complexity index is 3540. The summed E-state index contributed by atoms with van der Waals surface area (Å²) >= 11 is 0. The van der Waals surface area contributed by atoms with Crippen LogP contribution in [0.25, 0.3) is 34.8 Å². The zero-order valence-corrected chi connectivity index (χ0v) is 39.2. The summed E-state index contributed by atoms with van der Waals surface area (Å²) in [5.74, 6) is 3.62. The zero-order valence-electron chi connectivity index (χ0n) is 39.2. The summed E-state index contributed by atoms with van der Waals surface area (Å²) in [6, 6.07) is 64.7. The molecule has 0 saturated carbocycles. The number of ether oxygens (including phenoxy) is 2. The van der Waals surface area contributed by atoms with Crippen molar-refractivity contribution >= 4 is 68.9 Å². The van der Waals surface area contributed by atoms with E-state index in [1.807, 2.05) is 32.0 Å². The first-order chi connectivity index (χ1) is 34.7. The lowest BCUT2D eigenvalue weighted by molar-refractivity contribution is 0.359. The molecule has 4 aliphatic carbocycles. The highest BCUT2D eigenvalue weighted by molar-refractivity contribution is 6.08. The Balaban J connectivity index is 0.00000237. The number of allylic oxidation sites excluding steroid dienone is 5. The summed E-state index contributed by atoms with van der Waals surface area (Å²) in [5.41, 5.74) is 17.4. The van der Waals surface area contributed by atoms with E-state index >= 15 is 0 Å². The molecule has 2 heterocycles. The Kier molecular flexibility index (Phi) is 10.1. The first kappa shape index (κ1) is 41.6. The molecule has 14 rings (SSSR count). The summed E-state index contributed by atoms with van der Waals surface area (Å²) in [6.07, 6.45) is 17.4. The molecule has 0 N–H and O–H groups in total. The van der Waals surface area contributed by atoms with Crippen molar-refractivity contribution in [2.45, 2.75) is 44.9 Å². The van der Waals surface area contributed by atoms with Crippen LogP contribution >= 0.6 is 0 Å². The third-order valence-electron chi connectivity index (χ3n) is 14.5. The Morgan fingerprint density at radius 3 is 1.76 bits per heavy atom. The smallest absolute Gasteiger partial charge is 0.194 e. The zero-order chi connectivity index (χ0) is 46.8. The van der Waals surface area contributed by atoms with E-state index in [1.165, 1.54) is 33.4 Å². The maximum absolute atomic E-state index is 7.23. The third-order valence-corrected chi connectivity index (χ3v) is 14.5. The van der Waals surface area contributed by atoms with Gasteiger partial charge in [0.2, 0.25) is 0 Å². The Hall–Kier alpha value is -8.54. The predicted molar refractivity (Wildman–Crippen MR) is 288 cm³/mol. The molecule has 5 heteroatoms. The van der Waals surface area contributed by atoms with Crippen molar-refractivity contribution in [3.05, 3.63) is 250 Å². The second kappa shape index (κ2) is 16.9. The van der Waals surface area contributed by atoms with Gasteiger partial charge in [0.25, 0.3) is 0 Å². The van der Waals surface area contributed by atoms with E-state index in [-0.39, 0.29) is 0 Å². The molecular formula is C65H50N2O3. The van der Waals surface area contributed by atoms with Crippen LogP contribution in [0.3, 0.4) is 0 Å². The summed E-state index contributed by atoms with van der Waals surface area (Å²) in [4.78, 5) is 4.67. The van der Waals surface area contributed by atoms with Gasteiger partial charge in [-0.2, -0.15) is 0 Å². The monoisotopic (exact) mass is 906 g/mol. The van der Waals surface area contributed by atoms with Crippen LogP contribution in [0.2, 0.25) is 0 Å². The van der Waals surface area contributed by atoms with Crippen molar-refractivity contribution in [3.8, 4) is 23.0 Å². The number of nitrogens with zero attached hydrogens (tertiary/aromatic N) is 2. The van der Waals surface area contributed by atoms with Gasteiger partial charge in [-0.05, 0) is 150 Å². The number of furan rings is 1. The number of anilines is 6. The summed E-state index contributed by atoms with van der Waals surface area (Å²) in [7, 11) is 0. The maximum Gasteiger partial charge on any atom is 0.194 e. The van der Waals surface area contributed by atoms with E-state index < -0.39 is 5.41 Å². The van der Waals surface area contributed by atoms with Crippen LogP contribution in [-0.2, 0) is 11.8 Å². The maximum atomic E-state index is 7.23. The van der Waals surface area contributed by atoms with Gasteiger partial charge in [0.15, 0.2) is 23.0 Å². The minimum absolute atomic E-state index is 0.664. The topological polar surface area (TPSA) is 38.1 Å². The van der Waals surface area contributed by atoms with Crippen LogP contribution < -0.4 is 19.3 Å². The molecule has 5 aliphatic rings. The molecule has 1 aliphatic heterocycles. The van der Waals surface area contributed by atoms with Crippen molar-refractivity contribution < 1.29 is 13.9 Å². The SMILES string of the molecule is C1=CC2=C(CC1)C1(c3cc4c(cc3C=Cc3c1cc(N(c1ccccc1)c1ccccc1)c1c5c(oc31)C=CCC5)Oc1c(cccc1N(c1ccccc1)c1ccccc1)O4)c1ccccc12.CC. The van der Waals surface area contributed by atoms with E-state index in [1.54, 1.807) is 0 Å². The number of rotatable bonds is 6. The van der Waals surface area contributed by atoms with Crippen LogP contribution in [0, 0.1) is 0 Å². The number of hydrogen-bond donors (Lipinski definition) is 0. The van der Waals surface area contributed by atoms with Gasteiger partial charge in [0.05, 0.1) is 16.8 Å². The summed E-state index contributed by atoms with van der Waals surface area (Å²) in [6.45, 7) is 4.00. The highest BCUT2D eigenvalue weighted by atomic mass is 16.6. The minimum atomic E-state index is -0.714. The van der Waals surface area contributed by atoms with E-state index in [0.717, 1.165) is 93.2 Å². The Morgan fingerprint density at radius 2 is 1.07 bits per heavy atom. The molecule has 0 bridgehead atoms. The quantitative estimate of drug-likeness (QED) is 0.166. The Morgan fingerprint density at radius 1 is 0.471 bits per heavy atom. The number of fused-ring (bicyclic) bond motifs is 14. The van der Waals surface area contributed by atoms with Gasteiger partial charge < -0.3 is 23.7 Å². The molecule has 9 aromatic rings. The van der Waals surface area contributed by atoms with Gasteiger partial charge in [-0.1, -0.05) is 147 Å². The molecule has 70 heavy (non-hydrogen) atoms. The van der Waals surface area contributed by atoms with Crippen molar-refractivity contribution in [2.75, 3.05) is 9.80 Å². The average molecular weight is 907 g/mol. The average Bonchev–Trinajstić information content (AvgIpc) is 3.92. The van der Waals surface area contributed by atoms with E-state index in [9.17, 15) is 0 Å². The fourth-order valence-corrected chi connectivity index (χ4v) is 11.7. The molecule has 1 unspecified atom stereocenters. The number of aryl methyl sites for hydroxylation is 1. The molecule has 1 atom stereocenters. The molecule has 0 radical (unpaired) electrons. The summed E-state index contributed by atoms with van der Waals surface area (Å²) in [5, 5.41) is 1.15. The van der Waals surface area contributed by atoms with Crippen LogP contribution in [-0.4, -0.2) is 0 Å². The fourth-order valence-electron chi connectivity index (χ4n) is 11.7. The second-order valence-corrected chi connectivity index (χ2v) is 18.1. The molecule has 1 spiro atoms. The van der Waals surface area contributed by atoms with Crippen molar-refractivity contribution in [1.29, 1.82) is 0 Å². The number of para-hydroxylation sites is 5. The van der Waals surface area contributed by atoms with Crippen molar-refractivity contribution in [2.24, 2.45) is 0 Å². The van der Waals surface area contributed by atoms with Gasteiger partial charge in [0.1, 0.15) is 11.3 Å². The van der Waals surface area contributed by atoms with Crippen molar-refractivity contribution in [3.63, 3.8) is 0 Å². The third kappa shape index (κ3) is 6.31. The van der Waals surface area contributed by atoms with E-state index in [2.05, 4.69) is 210 Å². The molecule has 8 aromatic carbocycles. The lowest BCUT2D eigenvalue weighted by atomic mass is 9.63. The standard InChI is InChI=1S/C63H44N2O3.C2H6/c1-5-20-42(21-6-1)64(43-22-7-2-8-23-43)54-33-19-35-57-62(54)68-58-38-41-36-37-48-53(63(52(41)40-59(58)66-57)50-31-16-13-28-46(50)47-29-14-17-32-51(47)63)39-55(60-49-30-15-18-34-56(49)67-61(48)60)65(44-24-9-3-10-25-44)45-26-11-4-12-27-45;1-2/h1-14,16,18-29,31,33-40H,15,17,30,32H2;1-2H3. The molecule has 1 aromatic heterocycles. The van der Waals surface area contributed by atoms with E-state index in [0.29, 0.717) is 23.0 Å². The first-order valence-electron chi connectivity index (χ1n) is 24.7. The van der Waals surface area contributed by atoms with Gasteiger partial charge in [-0.15, -0.1) is 0 Å². The number of hydrogen-bond acceptors (Lipinski definition) is 5. The van der Waals surface area contributed by atoms with Crippen LogP contribution in [0.15, 0.2) is 210 Å². The largest absolute Gasteiger partial charge is 0.456 e. The Labute approximate surface area is 409 Å². The van der Waals surface area contributed by atoms with E-state index in [4.69, 9.17) is 13.9 Å². The fraction of sp³-hybridized carbons (Fsp3) is 0.108. The summed E-state index contributed by atoms with van der Waals surface area (Å²) < 4.78 is 21.5. The lowest BCUT2D eigenvalue weighted by Gasteiger charge is -2.39. The van der Waals surface area contributed by atoms with Gasteiger partial charge in [-0.3, -0.25) is 0 Å². The molecule has 5 nitrogen and oxygen atoms in total. The lowest BCUT2D eigenvalue weighted by Crippen LogP contribution is -2.32. The first-order valence-corrected chi connectivity index (χ1v) is 24.7. The number of benzene rings is 8. The highest BCUT2D eigenvalue weighted by Crippen LogP contribution is 2.63. The van der Waals surface area contributed by atoms with Crippen LogP contribution in [0.5, 0.6) is 23.0 Å². The predicted octanol–water partition coefficient (Wildman–Crippen LogP) is 18.2. The van der Waals surface area contributed by atoms with Crippen LogP contribution in [0.4, 0.5) is 34.1 Å². The molecule has 0 saturated heterocycles. The minimum Gasteiger partial charge on any atom is -0.456 e.